The van der Waals surface area contributed by atoms with E-state index in [1.54, 1.807) is 0 Å². The normalized spacial score (nSPS) is 16.9. The van der Waals surface area contributed by atoms with Crippen molar-refractivity contribution < 1.29 is 26.1 Å². The summed E-state index contributed by atoms with van der Waals surface area (Å²) in [6, 6.07) is 0. The molecule has 1 N–H and O–H groups in total. The lowest BCUT2D eigenvalue weighted by molar-refractivity contribution is 0.199. The molecule has 0 saturated heterocycles. The van der Waals surface area contributed by atoms with Crippen molar-refractivity contribution in [3.8, 4) is 0 Å². The summed E-state index contributed by atoms with van der Waals surface area (Å²) in [5, 5.41) is 0. The Morgan fingerprint density at radius 1 is 1.23 bits per heavy atom. The highest BCUT2D eigenvalue weighted by Gasteiger charge is 2.31. The zero-order chi connectivity index (χ0) is 10.5. The lowest BCUT2D eigenvalue weighted by Gasteiger charge is -2.09. The van der Waals surface area contributed by atoms with E-state index in [2.05, 4.69) is 0 Å². The lowest BCUT2D eigenvalue weighted by Crippen LogP contribution is -2.26. The van der Waals surface area contributed by atoms with Crippen molar-refractivity contribution in [2.75, 3.05) is 6.67 Å². The largest absolute Gasteiger partial charge is 0.300 e. The second-order valence-electron chi connectivity index (χ2n) is 2.57. The molecular weight excluding hydrogens is 209 g/mol. The molecule has 80 valence electrons. The topological polar surface area (TPSA) is 54.4 Å². The minimum absolute atomic E-state index is 0.0492. The summed E-state index contributed by atoms with van der Waals surface area (Å²) < 4.78 is 64.7. The van der Waals surface area contributed by atoms with E-state index in [4.69, 9.17) is 4.55 Å². The molecule has 0 spiro atoms. The van der Waals surface area contributed by atoms with Crippen LogP contribution in [0.25, 0.3) is 0 Å². The summed E-state index contributed by atoms with van der Waals surface area (Å²) in [6.07, 6.45) is -2.60. The van der Waals surface area contributed by atoms with Crippen LogP contribution in [0.3, 0.4) is 0 Å². The van der Waals surface area contributed by atoms with E-state index in [1.165, 1.54) is 0 Å². The molecule has 0 aromatic rings. The number of halogens is 3. The van der Waals surface area contributed by atoms with Gasteiger partial charge in [0, 0.05) is 0 Å². The van der Waals surface area contributed by atoms with Crippen LogP contribution in [-0.4, -0.2) is 31.3 Å². The third kappa shape index (κ3) is 5.09. The summed E-state index contributed by atoms with van der Waals surface area (Å²) in [4.78, 5) is 0. The van der Waals surface area contributed by atoms with E-state index in [-0.39, 0.29) is 12.8 Å². The van der Waals surface area contributed by atoms with Gasteiger partial charge in [-0.2, -0.15) is 8.42 Å². The smallest absolute Gasteiger partial charge is 0.283 e. The first-order chi connectivity index (χ1) is 5.89. The van der Waals surface area contributed by atoms with Crippen molar-refractivity contribution >= 4 is 10.1 Å². The molecular formula is C6H11F3O3S. The fourth-order valence-corrected chi connectivity index (χ4v) is 1.26. The molecule has 13 heavy (non-hydrogen) atoms. The SMILES string of the molecule is O=S(=O)(O)C(F)C(F)CCCCF. The lowest BCUT2D eigenvalue weighted by atomic mass is 10.2. The van der Waals surface area contributed by atoms with Crippen LogP contribution in [0.1, 0.15) is 19.3 Å². The minimum Gasteiger partial charge on any atom is -0.283 e. The van der Waals surface area contributed by atoms with Gasteiger partial charge in [-0.05, 0) is 19.3 Å². The van der Waals surface area contributed by atoms with Gasteiger partial charge in [-0.3, -0.25) is 8.94 Å². The molecule has 0 bridgehead atoms. The quantitative estimate of drug-likeness (QED) is 0.547. The first kappa shape index (κ1) is 12.7. The Hall–Kier alpha value is -0.300. The van der Waals surface area contributed by atoms with Crippen LogP contribution in [0.5, 0.6) is 0 Å². The number of hydrogen-bond donors (Lipinski definition) is 1. The molecule has 0 fully saturated rings. The molecule has 7 heteroatoms. The van der Waals surface area contributed by atoms with Crippen LogP contribution < -0.4 is 0 Å². The summed E-state index contributed by atoms with van der Waals surface area (Å²) in [7, 11) is -4.97. The standard InChI is InChI=1S/C6H11F3O3S/c7-4-2-1-3-5(8)6(9)13(10,11)12/h5-6H,1-4H2,(H,10,11,12). The van der Waals surface area contributed by atoms with Gasteiger partial charge in [-0.15, -0.1) is 0 Å². The van der Waals surface area contributed by atoms with Gasteiger partial charge in [0.2, 0.25) is 0 Å². The Bertz CT molecular complexity index is 229. The average Bonchev–Trinajstić information content (AvgIpc) is 2.01. The predicted molar refractivity (Wildman–Crippen MR) is 41.2 cm³/mol. The van der Waals surface area contributed by atoms with Crippen molar-refractivity contribution in [1.82, 2.24) is 0 Å². The molecule has 0 aliphatic carbocycles. The first-order valence-electron chi connectivity index (χ1n) is 3.70. The maximum absolute atomic E-state index is 12.6. The summed E-state index contributed by atoms with van der Waals surface area (Å²) in [6.45, 7) is -0.657. The molecule has 0 heterocycles. The van der Waals surface area contributed by atoms with Gasteiger partial charge in [-0.25, -0.2) is 8.78 Å². The van der Waals surface area contributed by atoms with Crippen molar-refractivity contribution in [3.05, 3.63) is 0 Å². The Balaban J connectivity index is 3.90. The fraction of sp³-hybridized carbons (Fsp3) is 1.00. The molecule has 0 radical (unpaired) electrons. The van der Waals surface area contributed by atoms with Gasteiger partial charge >= 0.3 is 10.1 Å². The zero-order valence-corrected chi connectivity index (χ0v) is 7.61. The highest BCUT2D eigenvalue weighted by Crippen LogP contribution is 2.16. The molecule has 0 aromatic carbocycles. The zero-order valence-electron chi connectivity index (χ0n) is 6.79. The molecule has 0 rings (SSSR count). The molecule has 0 saturated carbocycles. The number of unbranched alkanes of at least 4 members (excludes halogenated alkanes) is 1. The van der Waals surface area contributed by atoms with E-state index >= 15 is 0 Å². The van der Waals surface area contributed by atoms with Crippen LogP contribution in [0.2, 0.25) is 0 Å². The monoisotopic (exact) mass is 220 g/mol. The molecule has 0 aromatic heterocycles. The second kappa shape index (κ2) is 5.43. The van der Waals surface area contributed by atoms with E-state index in [1.807, 2.05) is 0 Å². The number of hydrogen-bond acceptors (Lipinski definition) is 2. The molecule has 0 amide bonds. The maximum Gasteiger partial charge on any atom is 0.300 e. The van der Waals surface area contributed by atoms with Crippen LogP contribution in [0.15, 0.2) is 0 Å². The minimum atomic E-state index is -4.97. The Morgan fingerprint density at radius 2 is 1.77 bits per heavy atom. The molecule has 0 aliphatic heterocycles. The highest BCUT2D eigenvalue weighted by molar-refractivity contribution is 7.86. The van der Waals surface area contributed by atoms with Gasteiger partial charge in [0.25, 0.3) is 5.50 Å². The van der Waals surface area contributed by atoms with Gasteiger partial charge < -0.3 is 0 Å². The average molecular weight is 220 g/mol. The van der Waals surface area contributed by atoms with Gasteiger partial charge in [0.1, 0.15) is 6.17 Å². The van der Waals surface area contributed by atoms with Crippen molar-refractivity contribution in [3.63, 3.8) is 0 Å². The number of rotatable bonds is 6. The Kier molecular flexibility index (Phi) is 5.31. The van der Waals surface area contributed by atoms with E-state index < -0.39 is 34.9 Å². The maximum atomic E-state index is 12.6. The summed E-state index contributed by atoms with van der Waals surface area (Å²) in [5.41, 5.74) is -2.92. The molecule has 3 nitrogen and oxygen atoms in total. The van der Waals surface area contributed by atoms with Crippen LogP contribution in [-0.2, 0) is 10.1 Å². The summed E-state index contributed by atoms with van der Waals surface area (Å²) >= 11 is 0. The third-order valence-corrected chi connectivity index (χ3v) is 2.30. The van der Waals surface area contributed by atoms with E-state index in [0.717, 1.165) is 0 Å². The van der Waals surface area contributed by atoms with Gasteiger partial charge in [0.15, 0.2) is 0 Å². The fourth-order valence-electron chi connectivity index (χ4n) is 0.751. The van der Waals surface area contributed by atoms with Crippen LogP contribution >= 0.6 is 0 Å². The first-order valence-corrected chi connectivity index (χ1v) is 5.20. The van der Waals surface area contributed by atoms with Crippen LogP contribution in [0, 0.1) is 0 Å². The molecule has 2 atom stereocenters. The predicted octanol–water partition coefficient (Wildman–Crippen LogP) is 1.65. The summed E-state index contributed by atoms with van der Waals surface area (Å²) in [5.74, 6) is 0. The Labute approximate surface area is 74.7 Å². The Morgan fingerprint density at radius 3 is 2.15 bits per heavy atom. The molecule has 0 aliphatic rings. The van der Waals surface area contributed by atoms with Gasteiger partial charge in [0.05, 0.1) is 6.67 Å². The highest BCUT2D eigenvalue weighted by atomic mass is 32.2. The van der Waals surface area contributed by atoms with Crippen LogP contribution in [0.4, 0.5) is 13.2 Å². The van der Waals surface area contributed by atoms with E-state index in [9.17, 15) is 21.6 Å². The third-order valence-electron chi connectivity index (χ3n) is 1.43. The second-order valence-corrected chi connectivity index (χ2v) is 4.05. The van der Waals surface area contributed by atoms with Crippen molar-refractivity contribution in [2.24, 2.45) is 0 Å². The van der Waals surface area contributed by atoms with Crippen molar-refractivity contribution in [1.29, 1.82) is 0 Å². The van der Waals surface area contributed by atoms with E-state index in [0.29, 0.717) is 0 Å². The van der Waals surface area contributed by atoms with Crippen molar-refractivity contribution in [2.45, 2.75) is 30.9 Å². The molecule has 2 unspecified atom stereocenters. The number of alkyl halides is 3. The van der Waals surface area contributed by atoms with Gasteiger partial charge in [-0.1, -0.05) is 0 Å².